The molecule has 1 aliphatic rings. The van der Waals surface area contributed by atoms with Crippen LogP contribution in [-0.2, 0) is 0 Å². The fourth-order valence-corrected chi connectivity index (χ4v) is 1.63. The molecular weight excluding hydrogens is 274 g/mol. The predicted molar refractivity (Wildman–Crippen MR) is 69.6 cm³/mol. The molecule has 0 saturated heterocycles. The van der Waals surface area contributed by atoms with E-state index >= 15 is 0 Å². The van der Waals surface area contributed by atoms with Crippen LogP contribution in [0.5, 0.6) is 0 Å². The number of carbonyl (C=O) groups is 1. The monoisotopic (exact) mass is 283 g/mol. The molecule has 1 atom stereocenters. The molecule has 100 valence electrons. The highest BCUT2D eigenvalue weighted by atomic mass is 35.5. The Labute approximate surface area is 113 Å². The Morgan fingerprint density at radius 3 is 2.53 bits per heavy atom. The van der Waals surface area contributed by atoms with Gasteiger partial charge in [0.05, 0.1) is 16.3 Å². The number of carbonyl (C=O) groups excluding carboxylic acids is 1. The molecule has 0 radical (unpaired) electrons. The molecule has 1 aromatic carbocycles. The van der Waals surface area contributed by atoms with Crippen LogP contribution >= 0.6 is 11.6 Å². The summed E-state index contributed by atoms with van der Waals surface area (Å²) in [4.78, 5) is 24.9. The third-order valence-corrected chi connectivity index (χ3v) is 2.48. The molecule has 8 heteroatoms. The summed E-state index contributed by atoms with van der Waals surface area (Å²) in [6.45, 7) is 0.351. The number of hydrogen-bond acceptors (Lipinski definition) is 5. The molecule has 0 bridgehead atoms. The topological polar surface area (TPSA) is 100 Å². The number of aliphatic imine (C=N–C) groups is 1. The molecule has 1 aromatic rings. The molecule has 0 amide bonds. The molecule has 0 saturated carbocycles. The number of hydrogen-bond donors (Lipinski definition) is 1. The van der Waals surface area contributed by atoms with Gasteiger partial charge in [0.25, 0.3) is 0 Å². The first-order valence-electron chi connectivity index (χ1n) is 5.15. The van der Waals surface area contributed by atoms with Crippen LogP contribution in [0.15, 0.2) is 41.7 Å². The number of benzene rings is 1. The minimum Gasteiger partial charge on any atom is -0.356 e. The Balaban J connectivity index is 0.000000399. The van der Waals surface area contributed by atoms with Crippen molar-refractivity contribution in [2.75, 3.05) is 6.54 Å². The van der Waals surface area contributed by atoms with Crippen LogP contribution in [0, 0.1) is 15.3 Å². The number of Topliss-reactive ketones (excluding diaryl/α,β-unsaturated/α-hetero) is 1. The van der Waals surface area contributed by atoms with Gasteiger partial charge in [-0.3, -0.25) is 9.69 Å². The average Bonchev–Trinajstić information content (AvgIpc) is 2.81. The Morgan fingerprint density at radius 2 is 2.00 bits per heavy atom. The smallest absolute Gasteiger partial charge is 0.219 e. The maximum absolute atomic E-state index is 11.8. The summed E-state index contributed by atoms with van der Waals surface area (Å²) >= 11 is 5.92. The molecule has 0 spiro atoms. The molecule has 0 aromatic heterocycles. The van der Waals surface area contributed by atoms with E-state index in [1.165, 1.54) is 0 Å². The highest BCUT2D eigenvalue weighted by molar-refractivity contribution is 6.34. The Kier molecular flexibility index (Phi) is 5.65. The second-order valence-electron chi connectivity index (χ2n) is 3.47. The lowest BCUT2D eigenvalue weighted by atomic mass is 10.1. The third kappa shape index (κ3) is 5.28. The van der Waals surface area contributed by atoms with Crippen molar-refractivity contribution in [1.82, 2.24) is 0 Å². The lowest BCUT2D eigenvalue weighted by Gasteiger charge is -2.05. The molecule has 1 N–H and O–H groups in total. The summed E-state index contributed by atoms with van der Waals surface area (Å²) in [5.74, 6) is 0.0219. The number of ketones is 1. The lowest BCUT2D eigenvalue weighted by molar-refractivity contribution is -0.725. The van der Waals surface area contributed by atoms with Gasteiger partial charge in [-0.05, 0) is 12.1 Å². The van der Waals surface area contributed by atoms with Crippen LogP contribution in [0.1, 0.15) is 10.4 Å². The summed E-state index contributed by atoms with van der Waals surface area (Å²) in [7, 11) is 0. The maximum Gasteiger partial charge on any atom is 0.219 e. The first-order chi connectivity index (χ1) is 9.00. The van der Waals surface area contributed by atoms with Gasteiger partial charge >= 0.3 is 0 Å². The molecule has 2 rings (SSSR count). The first-order valence-corrected chi connectivity index (χ1v) is 5.53. The van der Waals surface area contributed by atoms with E-state index in [1.807, 2.05) is 18.3 Å². The zero-order chi connectivity index (χ0) is 14.3. The van der Waals surface area contributed by atoms with Gasteiger partial charge in [0.2, 0.25) is 5.78 Å². The van der Waals surface area contributed by atoms with Crippen molar-refractivity contribution in [1.29, 1.82) is 0 Å². The van der Waals surface area contributed by atoms with Crippen molar-refractivity contribution in [3.63, 3.8) is 0 Å². The SMILES string of the molecule is O=C(C[NH+]1C=CN=C1)c1ccccc1Cl.O=[N+]([O-])[O-]. The molecule has 1 unspecified atom stereocenters. The number of quaternary nitrogens is 1. The maximum atomic E-state index is 11.8. The van der Waals surface area contributed by atoms with E-state index in [9.17, 15) is 4.79 Å². The fourth-order valence-electron chi connectivity index (χ4n) is 1.39. The van der Waals surface area contributed by atoms with Gasteiger partial charge < -0.3 is 15.3 Å². The highest BCUT2D eigenvalue weighted by Gasteiger charge is 2.16. The molecular formula is C11H10ClN3O4. The van der Waals surface area contributed by atoms with E-state index in [2.05, 4.69) is 4.99 Å². The fraction of sp³-hybridized carbons (Fsp3) is 0.0909. The van der Waals surface area contributed by atoms with Crippen molar-refractivity contribution in [3.05, 3.63) is 62.6 Å². The standard InChI is InChI=1S/C11H9ClN2O.NO3/c12-10-4-2-1-3-9(10)11(15)7-14-6-5-13-8-14;2-1(3)4/h1-6,8H,7H2;/q;-1/p+1. The zero-order valence-electron chi connectivity index (χ0n) is 9.65. The molecule has 1 heterocycles. The van der Waals surface area contributed by atoms with Gasteiger partial charge in [0, 0.05) is 5.56 Å². The van der Waals surface area contributed by atoms with Crippen LogP contribution in [0.3, 0.4) is 0 Å². The summed E-state index contributed by atoms with van der Waals surface area (Å²) in [5.41, 5.74) is 0.570. The van der Waals surface area contributed by atoms with Crippen LogP contribution in [-0.4, -0.2) is 23.8 Å². The second kappa shape index (κ2) is 7.24. The first kappa shape index (κ1) is 14.8. The number of nitrogens with one attached hydrogen (secondary N) is 1. The second-order valence-corrected chi connectivity index (χ2v) is 3.88. The quantitative estimate of drug-likeness (QED) is 0.501. The summed E-state index contributed by atoms with van der Waals surface area (Å²) in [6, 6.07) is 7.07. The third-order valence-electron chi connectivity index (χ3n) is 2.15. The van der Waals surface area contributed by atoms with E-state index < -0.39 is 5.09 Å². The van der Waals surface area contributed by atoms with Crippen molar-refractivity contribution < 1.29 is 14.8 Å². The Morgan fingerprint density at radius 1 is 1.37 bits per heavy atom. The largest absolute Gasteiger partial charge is 0.356 e. The average molecular weight is 284 g/mol. The summed E-state index contributed by atoms with van der Waals surface area (Å²) < 4.78 is 0. The van der Waals surface area contributed by atoms with E-state index in [0.717, 1.165) is 4.90 Å². The normalized spacial score (nSPS) is 15.7. The Hall–Kier alpha value is -2.25. The van der Waals surface area contributed by atoms with Crippen molar-refractivity contribution in [2.24, 2.45) is 4.99 Å². The van der Waals surface area contributed by atoms with Gasteiger partial charge in [0.1, 0.15) is 6.20 Å². The van der Waals surface area contributed by atoms with Gasteiger partial charge in [0.15, 0.2) is 12.9 Å². The van der Waals surface area contributed by atoms with E-state index in [-0.39, 0.29) is 5.78 Å². The highest BCUT2D eigenvalue weighted by Crippen LogP contribution is 2.14. The van der Waals surface area contributed by atoms with Crippen LogP contribution in [0.25, 0.3) is 0 Å². The summed E-state index contributed by atoms with van der Waals surface area (Å²) in [5, 5.41) is 15.3. The number of nitrogens with zero attached hydrogens (tertiary/aromatic N) is 2. The van der Waals surface area contributed by atoms with Crippen molar-refractivity contribution in [3.8, 4) is 0 Å². The van der Waals surface area contributed by atoms with Crippen LogP contribution in [0.4, 0.5) is 0 Å². The van der Waals surface area contributed by atoms with E-state index in [0.29, 0.717) is 17.1 Å². The minimum atomic E-state index is -1.75. The predicted octanol–water partition coefficient (Wildman–Crippen LogP) is 0.682. The zero-order valence-corrected chi connectivity index (χ0v) is 10.4. The van der Waals surface area contributed by atoms with E-state index in [4.69, 9.17) is 26.9 Å². The van der Waals surface area contributed by atoms with Crippen LogP contribution < -0.4 is 4.90 Å². The molecule has 0 aliphatic carbocycles. The van der Waals surface area contributed by atoms with Crippen molar-refractivity contribution >= 4 is 23.7 Å². The lowest BCUT2D eigenvalue weighted by Crippen LogP contribution is -3.06. The molecule has 19 heavy (non-hydrogen) atoms. The van der Waals surface area contributed by atoms with Gasteiger partial charge in [-0.1, -0.05) is 23.7 Å². The van der Waals surface area contributed by atoms with Crippen molar-refractivity contribution in [2.45, 2.75) is 0 Å². The summed E-state index contributed by atoms with van der Waals surface area (Å²) in [6.07, 6.45) is 5.19. The number of halogens is 1. The van der Waals surface area contributed by atoms with E-state index in [1.54, 1.807) is 24.7 Å². The minimum absolute atomic E-state index is 0.0219. The molecule has 1 aliphatic heterocycles. The van der Waals surface area contributed by atoms with Gasteiger partial charge in [-0.25, -0.2) is 4.99 Å². The Bertz CT molecular complexity index is 514. The molecule has 7 nitrogen and oxygen atoms in total. The number of rotatable bonds is 3. The van der Waals surface area contributed by atoms with Crippen LogP contribution in [0.2, 0.25) is 5.02 Å². The van der Waals surface area contributed by atoms with Gasteiger partial charge in [-0.2, -0.15) is 0 Å². The molecule has 0 fully saturated rings. The van der Waals surface area contributed by atoms with Gasteiger partial charge in [-0.15, -0.1) is 0 Å².